The van der Waals surface area contributed by atoms with Gasteiger partial charge in [-0.2, -0.15) is 0 Å². The fourth-order valence-electron chi connectivity index (χ4n) is 4.26. The van der Waals surface area contributed by atoms with Gasteiger partial charge in [0.25, 0.3) is 0 Å². The number of rotatable bonds is 10. The molecule has 0 unspecified atom stereocenters. The van der Waals surface area contributed by atoms with Gasteiger partial charge in [0, 0.05) is 6.54 Å². The Bertz CT molecular complexity index is 1050. The molecule has 0 aliphatic rings. The number of hydrogen-bond acceptors (Lipinski definition) is 3. The lowest BCUT2D eigenvalue weighted by Gasteiger charge is -2.28. The van der Waals surface area contributed by atoms with Crippen molar-refractivity contribution < 1.29 is 5.11 Å². The third-order valence-corrected chi connectivity index (χ3v) is 6.01. The first-order valence-electron chi connectivity index (χ1n) is 11.5. The molecular weight excluding hydrogens is 394 g/mol. The Morgan fingerprint density at radius 2 is 1.31 bits per heavy atom. The lowest BCUT2D eigenvalue weighted by Crippen LogP contribution is -2.31. The van der Waals surface area contributed by atoms with E-state index in [1.807, 2.05) is 71.4 Å². The van der Waals surface area contributed by atoms with Crippen LogP contribution in [0.5, 0.6) is 0 Å². The highest BCUT2D eigenvalue weighted by Crippen LogP contribution is 2.37. The minimum atomic E-state index is -1.34. The molecule has 0 atom stereocenters. The Hall–Kier alpha value is -3.24. The lowest BCUT2D eigenvalue weighted by molar-refractivity contribution is 0.119. The van der Waals surface area contributed by atoms with Gasteiger partial charge in [0.2, 0.25) is 0 Å². The van der Waals surface area contributed by atoms with E-state index in [4.69, 9.17) is 0 Å². The molecule has 0 fully saturated rings. The summed E-state index contributed by atoms with van der Waals surface area (Å²) in [6, 6.07) is 30.1. The van der Waals surface area contributed by atoms with Crippen molar-refractivity contribution >= 4 is 0 Å². The highest BCUT2D eigenvalue weighted by molar-refractivity contribution is 5.45. The summed E-state index contributed by atoms with van der Waals surface area (Å²) in [6.07, 6.45) is 4.90. The summed E-state index contributed by atoms with van der Waals surface area (Å²) < 4.78 is 2.00. The largest absolute Gasteiger partial charge is 0.374 e. The van der Waals surface area contributed by atoms with Crippen LogP contribution in [-0.4, -0.2) is 20.1 Å². The second kappa shape index (κ2) is 10.4. The van der Waals surface area contributed by atoms with E-state index < -0.39 is 5.60 Å². The summed E-state index contributed by atoms with van der Waals surface area (Å²) in [6.45, 7) is 2.96. The van der Waals surface area contributed by atoms with Crippen molar-refractivity contribution in [3.63, 3.8) is 0 Å². The molecule has 4 heteroatoms. The average Bonchev–Trinajstić information content (AvgIpc) is 3.27. The average molecular weight is 426 g/mol. The van der Waals surface area contributed by atoms with Crippen LogP contribution in [0.25, 0.3) is 0 Å². The van der Waals surface area contributed by atoms with Crippen molar-refractivity contribution in [2.24, 2.45) is 0 Å². The molecule has 0 radical (unpaired) electrons. The van der Waals surface area contributed by atoms with Crippen molar-refractivity contribution in [2.75, 3.05) is 0 Å². The summed E-state index contributed by atoms with van der Waals surface area (Å²) in [5, 5.41) is 21.3. The fourth-order valence-corrected chi connectivity index (χ4v) is 4.26. The van der Waals surface area contributed by atoms with Gasteiger partial charge in [-0.15, -0.1) is 5.10 Å². The first-order valence-corrected chi connectivity index (χ1v) is 11.5. The van der Waals surface area contributed by atoms with E-state index in [1.165, 1.54) is 5.56 Å². The van der Waals surface area contributed by atoms with Crippen molar-refractivity contribution in [3.8, 4) is 0 Å². The Kier molecular flexibility index (Phi) is 7.13. The number of nitrogens with zero attached hydrogens (tertiary/aromatic N) is 3. The fraction of sp³-hybridized carbons (Fsp3) is 0.286. The molecule has 0 bridgehead atoms. The van der Waals surface area contributed by atoms with Gasteiger partial charge in [0.1, 0.15) is 5.69 Å². The molecule has 1 N–H and O–H groups in total. The minimum Gasteiger partial charge on any atom is -0.374 e. The minimum absolute atomic E-state index is 0.642. The van der Waals surface area contributed by atoms with Gasteiger partial charge in [0.05, 0.1) is 5.69 Å². The Labute approximate surface area is 190 Å². The van der Waals surface area contributed by atoms with E-state index in [1.54, 1.807) is 0 Å². The van der Waals surface area contributed by atoms with Crippen molar-refractivity contribution in [3.05, 3.63) is 119 Å². The topological polar surface area (TPSA) is 50.9 Å². The number of unbranched alkanes of at least 4 members (excludes halogenated alkanes) is 1. The molecule has 4 nitrogen and oxygen atoms in total. The summed E-state index contributed by atoms with van der Waals surface area (Å²) in [5.41, 5.74) is 3.26. The van der Waals surface area contributed by atoms with E-state index in [2.05, 4.69) is 41.5 Å². The number of aryl methyl sites for hydroxylation is 2. The SMILES string of the molecule is CCCCc1c(C(O)(c2ccccc2)c2ccccc2)nnn1CCCc1ccccc1. The van der Waals surface area contributed by atoms with Crippen LogP contribution in [0.2, 0.25) is 0 Å². The third kappa shape index (κ3) is 4.66. The third-order valence-electron chi connectivity index (χ3n) is 6.01. The highest BCUT2D eigenvalue weighted by atomic mass is 16.3. The summed E-state index contributed by atoms with van der Waals surface area (Å²) in [5.74, 6) is 0. The summed E-state index contributed by atoms with van der Waals surface area (Å²) in [4.78, 5) is 0. The van der Waals surface area contributed by atoms with Crippen LogP contribution in [0.15, 0.2) is 91.0 Å². The standard InChI is InChI=1S/C28H31N3O/c1-2-3-21-26-27(29-30-31(26)22-13-16-23-14-7-4-8-15-23)28(32,24-17-9-5-10-18-24)25-19-11-6-12-20-25/h4-12,14-15,17-20,32H,2-3,13,16,21-22H2,1H3. The molecule has 0 aliphatic heterocycles. The maximum Gasteiger partial charge on any atom is 0.161 e. The first kappa shape index (κ1) is 22.0. The second-order valence-corrected chi connectivity index (χ2v) is 8.24. The van der Waals surface area contributed by atoms with Crippen LogP contribution in [0, 0.1) is 0 Å². The van der Waals surface area contributed by atoms with E-state index >= 15 is 0 Å². The Morgan fingerprint density at radius 3 is 1.88 bits per heavy atom. The zero-order chi connectivity index (χ0) is 22.2. The van der Waals surface area contributed by atoms with E-state index in [-0.39, 0.29) is 0 Å². The van der Waals surface area contributed by atoms with Crippen LogP contribution in [0.1, 0.15) is 54.3 Å². The molecule has 1 heterocycles. The van der Waals surface area contributed by atoms with Crippen molar-refractivity contribution in [1.29, 1.82) is 0 Å². The smallest absolute Gasteiger partial charge is 0.161 e. The van der Waals surface area contributed by atoms with Gasteiger partial charge >= 0.3 is 0 Å². The predicted molar refractivity (Wildman–Crippen MR) is 128 cm³/mol. The summed E-state index contributed by atoms with van der Waals surface area (Å²) in [7, 11) is 0. The molecule has 0 aliphatic carbocycles. The zero-order valence-corrected chi connectivity index (χ0v) is 18.7. The summed E-state index contributed by atoms with van der Waals surface area (Å²) >= 11 is 0. The van der Waals surface area contributed by atoms with E-state index in [0.717, 1.165) is 55.5 Å². The molecule has 0 saturated heterocycles. The molecule has 32 heavy (non-hydrogen) atoms. The normalized spacial score (nSPS) is 11.6. The molecule has 4 aromatic rings. The zero-order valence-electron chi connectivity index (χ0n) is 18.7. The van der Waals surface area contributed by atoms with Gasteiger partial charge in [-0.25, -0.2) is 4.68 Å². The molecular formula is C28H31N3O. The number of aliphatic hydroxyl groups is 1. The molecule has 1 aromatic heterocycles. The van der Waals surface area contributed by atoms with Gasteiger partial charge < -0.3 is 5.11 Å². The molecule has 4 rings (SSSR count). The monoisotopic (exact) mass is 425 g/mol. The van der Waals surface area contributed by atoms with Crippen LogP contribution >= 0.6 is 0 Å². The maximum atomic E-state index is 12.2. The molecule has 0 spiro atoms. The van der Waals surface area contributed by atoms with Gasteiger partial charge in [-0.3, -0.25) is 0 Å². The van der Waals surface area contributed by atoms with Gasteiger partial charge in [-0.05, 0) is 42.4 Å². The van der Waals surface area contributed by atoms with Crippen LogP contribution in [-0.2, 0) is 25.0 Å². The maximum absolute atomic E-state index is 12.2. The van der Waals surface area contributed by atoms with E-state index in [9.17, 15) is 5.11 Å². The predicted octanol–water partition coefficient (Wildman–Crippen LogP) is 5.54. The number of aromatic nitrogens is 3. The van der Waals surface area contributed by atoms with Crippen molar-refractivity contribution in [1.82, 2.24) is 15.0 Å². The Balaban J connectivity index is 1.71. The lowest BCUT2D eigenvalue weighted by atomic mass is 9.82. The quantitative estimate of drug-likeness (QED) is 0.363. The van der Waals surface area contributed by atoms with Gasteiger partial charge in [0.15, 0.2) is 5.60 Å². The number of hydrogen-bond donors (Lipinski definition) is 1. The van der Waals surface area contributed by atoms with Crippen LogP contribution in [0.4, 0.5) is 0 Å². The number of benzene rings is 3. The highest BCUT2D eigenvalue weighted by Gasteiger charge is 2.39. The van der Waals surface area contributed by atoms with Crippen molar-refractivity contribution in [2.45, 2.75) is 51.2 Å². The molecule has 3 aromatic carbocycles. The van der Waals surface area contributed by atoms with E-state index in [0.29, 0.717) is 5.69 Å². The Morgan fingerprint density at radius 1 is 0.750 bits per heavy atom. The van der Waals surface area contributed by atoms with Crippen LogP contribution in [0.3, 0.4) is 0 Å². The van der Waals surface area contributed by atoms with Gasteiger partial charge in [-0.1, -0.05) is 110 Å². The molecule has 0 amide bonds. The molecule has 164 valence electrons. The second-order valence-electron chi connectivity index (χ2n) is 8.24. The van der Waals surface area contributed by atoms with Crippen LogP contribution < -0.4 is 0 Å². The molecule has 0 saturated carbocycles. The first-order chi connectivity index (χ1) is 15.7.